The summed E-state index contributed by atoms with van der Waals surface area (Å²) in [6.45, 7) is 5.66. The van der Waals surface area contributed by atoms with E-state index in [0.29, 0.717) is 16.9 Å². The third-order valence-electron chi connectivity index (χ3n) is 2.84. The molecule has 2 nitrogen and oxygen atoms in total. The number of halogens is 1. The van der Waals surface area contributed by atoms with Crippen LogP contribution in [0.25, 0.3) is 11.3 Å². The second-order valence-corrected chi connectivity index (χ2v) is 4.36. The van der Waals surface area contributed by atoms with E-state index in [4.69, 9.17) is 5.73 Å². The first kappa shape index (κ1) is 11.6. The zero-order chi connectivity index (χ0) is 12.6. The van der Waals surface area contributed by atoms with Gasteiger partial charge in [0.1, 0.15) is 5.82 Å². The van der Waals surface area contributed by atoms with Crippen LogP contribution in [0, 0.1) is 26.6 Å². The molecule has 1 aromatic heterocycles. The number of nitrogens with two attached hydrogens (primary N) is 1. The molecule has 2 aromatic rings. The summed E-state index contributed by atoms with van der Waals surface area (Å²) in [5.74, 6) is -0.237. The molecule has 17 heavy (non-hydrogen) atoms. The molecular weight excluding hydrogens is 215 g/mol. The van der Waals surface area contributed by atoms with Gasteiger partial charge in [0.25, 0.3) is 0 Å². The molecule has 2 N–H and O–H groups in total. The van der Waals surface area contributed by atoms with Crippen LogP contribution in [0.5, 0.6) is 0 Å². The predicted molar refractivity (Wildman–Crippen MR) is 68.3 cm³/mol. The molecule has 1 heterocycles. The summed E-state index contributed by atoms with van der Waals surface area (Å²) in [5.41, 5.74) is 10.2. The van der Waals surface area contributed by atoms with Crippen LogP contribution < -0.4 is 5.73 Å². The molecule has 0 bridgehead atoms. The van der Waals surface area contributed by atoms with E-state index < -0.39 is 0 Å². The van der Waals surface area contributed by atoms with Crippen LogP contribution in [0.3, 0.4) is 0 Å². The lowest BCUT2D eigenvalue weighted by Gasteiger charge is -2.09. The number of hydrogen-bond donors (Lipinski definition) is 1. The van der Waals surface area contributed by atoms with Crippen molar-refractivity contribution in [2.75, 3.05) is 5.73 Å². The number of nitrogens with zero attached hydrogens (tertiary/aromatic N) is 1. The Labute approximate surface area is 100 Å². The van der Waals surface area contributed by atoms with Crippen LogP contribution in [0.2, 0.25) is 0 Å². The summed E-state index contributed by atoms with van der Waals surface area (Å²) >= 11 is 0. The van der Waals surface area contributed by atoms with Gasteiger partial charge in [0.15, 0.2) is 0 Å². The summed E-state index contributed by atoms with van der Waals surface area (Å²) in [6, 6.07) is 5.29. The fourth-order valence-corrected chi connectivity index (χ4v) is 1.94. The molecule has 0 spiro atoms. The first-order valence-corrected chi connectivity index (χ1v) is 5.48. The minimum atomic E-state index is -0.237. The number of rotatable bonds is 1. The first-order valence-electron chi connectivity index (χ1n) is 5.48. The van der Waals surface area contributed by atoms with Crippen molar-refractivity contribution in [3.8, 4) is 11.3 Å². The van der Waals surface area contributed by atoms with Crippen molar-refractivity contribution in [3.63, 3.8) is 0 Å². The highest BCUT2D eigenvalue weighted by Crippen LogP contribution is 2.27. The topological polar surface area (TPSA) is 38.9 Å². The fraction of sp³-hybridized carbons (Fsp3) is 0.214. The number of aromatic nitrogens is 1. The minimum Gasteiger partial charge on any atom is -0.397 e. The number of pyridine rings is 1. The molecule has 1 aromatic carbocycles. The van der Waals surface area contributed by atoms with Gasteiger partial charge in [0, 0.05) is 5.56 Å². The Kier molecular flexibility index (Phi) is 2.84. The zero-order valence-electron chi connectivity index (χ0n) is 10.2. The maximum absolute atomic E-state index is 14.0. The van der Waals surface area contributed by atoms with Gasteiger partial charge in [-0.1, -0.05) is 6.07 Å². The van der Waals surface area contributed by atoms with E-state index >= 15 is 0 Å². The normalized spacial score (nSPS) is 10.6. The van der Waals surface area contributed by atoms with E-state index in [2.05, 4.69) is 4.98 Å². The van der Waals surface area contributed by atoms with Crippen LogP contribution in [0.4, 0.5) is 10.1 Å². The van der Waals surface area contributed by atoms with E-state index in [9.17, 15) is 4.39 Å². The van der Waals surface area contributed by atoms with Crippen LogP contribution in [0.15, 0.2) is 24.4 Å². The first-order chi connectivity index (χ1) is 7.99. The summed E-state index contributed by atoms with van der Waals surface area (Å²) in [6.07, 6.45) is 1.57. The standard InChI is InChI=1S/C14H15FN2/c1-8-4-10(3)14(11(15)5-8)13-6-9(2)12(16)7-17-13/h4-7H,16H2,1-3H3. The predicted octanol–water partition coefficient (Wildman–Crippen LogP) is 3.40. The molecule has 0 aliphatic rings. The summed E-state index contributed by atoms with van der Waals surface area (Å²) in [5, 5.41) is 0. The summed E-state index contributed by atoms with van der Waals surface area (Å²) < 4.78 is 14.0. The maximum Gasteiger partial charge on any atom is 0.133 e. The fourth-order valence-electron chi connectivity index (χ4n) is 1.94. The average molecular weight is 230 g/mol. The summed E-state index contributed by atoms with van der Waals surface area (Å²) in [7, 11) is 0. The van der Waals surface area contributed by atoms with Gasteiger partial charge in [-0.2, -0.15) is 0 Å². The number of hydrogen-bond acceptors (Lipinski definition) is 2. The lowest BCUT2D eigenvalue weighted by molar-refractivity contribution is 0.628. The molecule has 88 valence electrons. The Balaban J connectivity index is 2.64. The monoisotopic (exact) mass is 230 g/mol. The molecular formula is C14H15FN2. The van der Waals surface area contributed by atoms with Gasteiger partial charge < -0.3 is 5.73 Å². The van der Waals surface area contributed by atoms with E-state index in [1.807, 2.05) is 32.9 Å². The highest BCUT2D eigenvalue weighted by molar-refractivity contribution is 5.67. The molecule has 0 aliphatic heterocycles. The molecule has 3 heteroatoms. The Bertz CT molecular complexity index is 553. The average Bonchev–Trinajstić information content (AvgIpc) is 2.21. The van der Waals surface area contributed by atoms with Gasteiger partial charge in [-0.25, -0.2) is 4.39 Å². The number of benzene rings is 1. The highest BCUT2D eigenvalue weighted by atomic mass is 19.1. The van der Waals surface area contributed by atoms with Gasteiger partial charge in [0.2, 0.25) is 0 Å². The van der Waals surface area contributed by atoms with Crippen LogP contribution in [-0.2, 0) is 0 Å². The molecule has 0 atom stereocenters. The van der Waals surface area contributed by atoms with Crippen LogP contribution in [-0.4, -0.2) is 4.98 Å². The maximum atomic E-state index is 14.0. The molecule has 0 unspecified atom stereocenters. The van der Waals surface area contributed by atoms with Crippen molar-refractivity contribution in [2.24, 2.45) is 0 Å². The van der Waals surface area contributed by atoms with Crippen molar-refractivity contribution < 1.29 is 4.39 Å². The third-order valence-corrected chi connectivity index (χ3v) is 2.84. The quantitative estimate of drug-likeness (QED) is 0.815. The molecule has 0 fully saturated rings. The van der Waals surface area contributed by atoms with Crippen molar-refractivity contribution >= 4 is 5.69 Å². The Morgan fingerprint density at radius 2 is 1.76 bits per heavy atom. The molecule has 0 saturated heterocycles. The lowest BCUT2D eigenvalue weighted by Crippen LogP contribution is -1.96. The second-order valence-electron chi connectivity index (χ2n) is 4.36. The van der Waals surface area contributed by atoms with E-state index in [0.717, 1.165) is 16.7 Å². The Hall–Kier alpha value is -1.90. The van der Waals surface area contributed by atoms with Crippen molar-refractivity contribution in [1.82, 2.24) is 4.98 Å². The number of nitrogen functional groups attached to an aromatic ring is 1. The zero-order valence-corrected chi connectivity index (χ0v) is 10.2. The lowest BCUT2D eigenvalue weighted by atomic mass is 10.0. The highest BCUT2D eigenvalue weighted by Gasteiger charge is 2.11. The van der Waals surface area contributed by atoms with Crippen molar-refractivity contribution in [2.45, 2.75) is 20.8 Å². The molecule has 0 saturated carbocycles. The van der Waals surface area contributed by atoms with E-state index in [-0.39, 0.29) is 5.82 Å². The largest absolute Gasteiger partial charge is 0.397 e. The number of aryl methyl sites for hydroxylation is 3. The van der Waals surface area contributed by atoms with Crippen molar-refractivity contribution in [3.05, 3.63) is 46.9 Å². The molecule has 0 aliphatic carbocycles. The minimum absolute atomic E-state index is 0.237. The number of anilines is 1. The smallest absolute Gasteiger partial charge is 0.133 e. The Morgan fingerprint density at radius 3 is 2.35 bits per heavy atom. The van der Waals surface area contributed by atoms with Gasteiger partial charge in [-0.3, -0.25) is 4.98 Å². The van der Waals surface area contributed by atoms with Crippen LogP contribution >= 0.6 is 0 Å². The van der Waals surface area contributed by atoms with Crippen LogP contribution in [0.1, 0.15) is 16.7 Å². The second kappa shape index (κ2) is 4.17. The molecule has 2 rings (SSSR count). The van der Waals surface area contributed by atoms with E-state index in [1.165, 1.54) is 6.07 Å². The molecule has 0 amide bonds. The van der Waals surface area contributed by atoms with Crippen molar-refractivity contribution in [1.29, 1.82) is 0 Å². The van der Waals surface area contributed by atoms with Gasteiger partial charge in [0.05, 0.1) is 17.6 Å². The Morgan fingerprint density at radius 1 is 1.06 bits per heavy atom. The van der Waals surface area contributed by atoms with Gasteiger partial charge in [-0.15, -0.1) is 0 Å². The van der Waals surface area contributed by atoms with Gasteiger partial charge >= 0.3 is 0 Å². The van der Waals surface area contributed by atoms with Gasteiger partial charge in [-0.05, 0) is 49.6 Å². The SMILES string of the molecule is Cc1cc(C)c(-c2cc(C)c(N)cn2)c(F)c1. The third kappa shape index (κ3) is 2.13. The van der Waals surface area contributed by atoms with E-state index in [1.54, 1.807) is 6.20 Å². The summed E-state index contributed by atoms with van der Waals surface area (Å²) in [4.78, 5) is 4.20. The molecule has 0 radical (unpaired) electrons.